The van der Waals surface area contributed by atoms with Crippen LogP contribution >= 0.6 is 0 Å². The van der Waals surface area contributed by atoms with Crippen LogP contribution in [0.15, 0.2) is 91.4 Å². The molecule has 174 valence electrons. The lowest BCUT2D eigenvalue weighted by Crippen LogP contribution is -2.31. The Hall–Kier alpha value is -4.36. The summed E-state index contributed by atoms with van der Waals surface area (Å²) in [6, 6.07) is 23.7. The van der Waals surface area contributed by atoms with Crippen LogP contribution in [0, 0.1) is 0 Å². The fraction of sp³-hybridized carbons (Fsp3) is 0.143. The Balaban J connectivity index is 1.54. The summed E-state index contributed by atoms with van der Waals surface area (Å²) in [6.07, 6.45) is 6.03. The number of aromatic nitrogens is 4. The number of hydrogen-bond acceptors (Lipinski definition) is 7. The third-order valence-corrected chi connectivity index (χ3v) is 5.79. The number of anilines is 1. The van der Waals surface area contributed by atoms with Gasteiger partial charge in [0.15, 0.2) is 5.82 Å². The van der Waals surface area contributed by atoms with Crippen molar-refractivity contribution in [3.8, 4) is 28.4 Å². The Bertz CT molecular complexity index is 1410. The zero-order valence-electron chi connectivity index (χ0n) is 19.4. The number of methoxy groups -OCH3 is 1. The molecule has 5 aromatic rings. The quantitative estimate of drug-likeness (QED) is 0.343. The van der Waals surface area contributed by atoms with Gasteiger partial charge in [-0.25, -0.2) is 9.97 Å². The van der Waals surface area contributed by atoms with E-state index in [1.807, 2.05) is 60.7 Å². The lowest BCUT2D eigenvalue weighted by Gasteiger charge is -2.16. The molecule has 3 heterocycles. The van der Waals surface area contributed by atoms with Crippen LogP contribution in [0.2, 0.25) is 0 Å². The van der Waals surface area contributed by atoms with E-state index in [0.29, 0.717) is 12.4 Å². The first-order valence-corrected chi connectivity index (χ1v) is 11.5. The summed E-state index contributed by atoms with van der Waals surface area (Å²) in [4.78, 5) is 18.6. The number of hydrogen-bond donors (Lipinski definition) is 2. The minimum Gasteiger partial charge on any atom is -0.497 e. The Morgan fingerprint density at radius 1 is 0.857 bits per heavy atom. The molecule has 0 aliphatic rings. The number of nitrogens with two attached hydrogens (primary N) is 1. The largest absolute Gasteiger partial charge is 0.497 e. The molecule has 1 atom stereocenters. The highest BCUT2D eigenvalue weighted by Gasteiger charge is 2.15. The van der Waals surface area contributed by atoms with Crippen molar-refractivity contribution in [1.82, 2.24) is 19.9 Å². The van der Waals surface area contributed by atoms with Gasteiger partial charge in [0.2, 0.25) is 0 Å². The third kappa shape index (κ3) is 5.10. The molecule has 3 N–H and O–H groups in total. The van der Waals surface area contributed by atoms with Crippen LogP contribution in [0.25, 0.3) is 33.5 Å². The first kappa shape index (κ1) is 22.4. The number of nitrogens with zero attached hydrogens (tertiary/aromatic N) is 4. The minimum atomic E-state index is -0.0744. The molecule has 0 bridgehead atoms. The standard InChI is InChI=1S/C28H26N6O/c1-35-23-9-7-20(8-10-23)25-26-24(13-16-31-25)28(34-27(33-26)21-11-14-30-15-12-21)32-18-22(29)17-19-5-3-2-4-6-19/h2-16,22H,17-18,29H2,1H3,(H,32,33,34). The van der Waals surface area contributed by atoms with Gasteiger partial charge in [0, 0.05) is 47.7 Å². The van der Waals surface area contributed by atoms with Gasteiger partial charge in [-0.2, -0.15) is 0 Å². The Labute approximate surface area is 204 Å². The van der Waals surface area contributed by atoms with Crippen molar-refractivity contribution in [2.45, 2.75) is 12.5 Å². The van der Waals surface area contributed by atoms with E-state index in [1.54, 1.807) is 25.7 Å². The number of rotatable bonds is 8. The Morgan fingerprint density at radius 3 is 2.37 bits per heavy atom. The smallest absolute Gasteiger partial charge is 0.162 e. The zero-order chi connectivity index (χ0) is 24.0. The van der Waals surface area contributed by atoms with Crippen LogP contribution in [0.4, 0.5) is 5.82 Å². The van der Waals surface area contributed by atoms with E-state index in [2.05, 4.69) is 27.4 Å². The molecule has 0 radical (unpaired) electrons. The average molecular weight is 463 g/mol. The molecule has 2 aromatic carbocycles. The van der Waals surface area contributed by atoms with Crippen LogP contribution in [0.1, 0.15) is 5.56 Å². The molecule has 3 aromatic heterocycles. The van der Waals surface area contributed by atoms with Crippen LogP contribution in [0.5, 0.6) is 5.75 Å². The molecule has 0 fully saturated rings. The van der Waals surface area contributed by atoms with E-state index < -0.39 is 0 Å². The number of fused-ring (bicyclic) bond motifs is 1. The fourth-order valence-electron chi connectivity index (χ4n) is 4.00. The van der Waals surface area contributed by atoms with Crippen molar-refractivity contribution in [2.24, 2.45) is 5.73 Å². The second kappa shape index (κ2) is 10.3. The molecule has 0 amide bonds. The normalized spacial score (nSPS) is 11.8. The summed E-state index contributed by atoms with van der Waals surface area (Å²) in [5, 5.41) is 4.36. The topological polar surface area (TPSA) is 98.8 Å². The lowest BCUT2D eigenvalue weighted by molar-refractivity contribution is 0.415. The van der Waals surface area contributed by atoms with Crippen molar-refractivity contribution in [1.29, 1.82) is 0 Å². The maximum Gasteiger partial charge on any atom is 0.162 e. The summed E-state index contributed by atoms with van der Waals surface area (Å²) in [5.74, 6) is 2.11. The molecular weight excluding hydrogens is 436 g/mol. The van der Waals surface area contributed by atoms with Gasteiger partial charge in [0.05, 0.1) is 12.8 Å². The van der Waals surface area contributed by atoms with E-state index in [1.165, 1.54) is 5.56 Å². The lowest BCUT2D eigenvalue weighted by atomic mass is 10.1. The summed E-state index contributed by atoms with van der Waals surface area (Å²) < 4.78 is 5.31. The first-order valence-electron chi connectivity index (χ1n) is 11.5. The monoisotopic (exact) mass is 462 g/mol. The minimum absolute atomic E-state index is 0.0744. The molecule has 7 nitrogen and oxygen atoms in total. The highest BCUT2D eigenvalue weighted by molar-refractivity contribution is 5.98. The highest BCUT2D eigenvalue weighted by Crippen LogP contribution is 2.31. The van der Waals surface area contributed by atoms with Crippen molar-refractivity contribution in [3.05, 3.63) is 97.0 Å². The predicted molar refractivity (Wildman–Crippen MR) is 139 cm³/mol. The van der Waals surface area contributed by atoms with Crippen molar-refractivity contribution in [2.75, 3.05) is 19.0 Å². The molecular formula is C28H26N6O. The van der Waals surface area contributed by atoms with Gasteiger partial charge in [-0.05, 0) is 54.4 Å². The molecule has 5 rings (SSSR count). The first-order chi connectivity index (χ1) is 17.2. The maximum atomic E-state index is 6.46. The van der Waals surface area contributed by atoms with E-state index >= 15 is 0 Å². The van der Waals surface area contributed by atoms with Gasteiger partial charge >= 0.3 is 0 Å². The third-order valence-electron chi connectivity index (χ3n) is 5.79. The molecule has 0 saturated carbocycles. The summed E-state index contributed by atoms with van der Waals surface area (Å²) in [6.45, 7) is 0.566. The number of ether oxygens (including phenoxy) is 1. The number of nitrogens with one attached hydrogen (secondary N) is 1. The molecule has 1 unspecified atom stereocenters. The van der Waals surface area contributed by atoms with Crippen LogP contribution in [0.3, 0.4) is 0 Å². The second-order valence-electron chi connectivity index (χ2n) is 8.25. The van der Waals surface area contributed by atoms with Crippen molar-refractivity contribution < 1.29 is 4.74 Å². The molecule has 0 aliphatic carbocycles. The van der Waals surface area contributed by atoms with E-state index in [4.69, 9.17) is 20.4 Å². The summed E-state index contributed by atoms with van der Waals surface area (Å²) >= 11 is 0. The van der Waals surface area contributed by atoms with Crippen LogP contribution in [-0.2, 0) is 6.42 Å². The van der Waals surface area contributed by atoms with Gasteiger partial charge in [0.1, 0.15) is 17.1 Å². The number of pyridine rings is 2. The molecule has 0 saturated heterocycles. The van der Waals surface area contributed by atoms with Crippen LogP contribution < -0.4 is 15.8 Å². The maximum absolute atomic E-state index is 6.46. The average Bonchev–Trinajstić information content (AvgIpc) is 2.92. The Kier molecular flexibility index (Phi) is 6.59. The second-order valence-corrected chi connectivity index (χ2v) is 8.25. The van der Waals surface area contributed by atoms with Gasteiger partial charge < -0.3 is 15.8 Å². The van der Waals surface area contributed by atoms with Crippen molar-refractivity contribution >= 4 is 16.7 Å². The molecule has 0 aliphatic heterocycles. The summed E-state index contributed by atoms with van der Waals surface area (Å²) in [5.41, 5.74) is 11.0. The SMILES string of the molecule is COc1ccc(-c2nccc3c(NCC(N)Cc4ccccc4)nc(-c4ccncc4)nc23)cc1. The molecule has 0 spiro atoms. The van der Waals surface area contributed by atoms with Gasteiger partial charge in [-0.3, -0.25) is 9.97 Å². The van der Waals surface area contributed by atoms with E-state index in [9.17, 15) is 0 Å². The predicted octanol–water partition coefficient (Wildman–Crippen LogP) is 4.74. The highest BCUT2D eigenvalue weighted by atomic mass is 16.5. The van der Waals surface area contributed by atoms with Gasteiger partial charge in [0.25, 0.3) is 0 Å². The fourth-order valence-corrected chi connectivity index (χ4v) is 4.00. The van der Waals surface area contributed by atoms with E-state index in [-0.39, 0.29) is 6.04 Å². The number of benzene rings is 2. The molecule has 7 heteroatoms. The molecule has 35 heavy (non-hydrogen) atoms. The van der Waals surface area contributed by atoms with Gasteiger partial charge in [-0.15, -0.1) is 0 Å². The summed E-state index contributed by atoms with van der Waals surface area (Å²) in [7, 11) is 1.65. The van der Waals surface area contributed by atoms with Crippen LogP contribution in [-0.4, -0.2) is 39.6 Å². The van der Waals surface area contributed by atoms with E-state index in [0.717, 1.165) is 45.7 Å². The van der Waals surface area contributed by atoms with Crippen molar-refractivity contribution in [3.63, 3.8) is 0 Å². The van der Waals surface area contributed by atoms with Gasteiger partial charge in [-0.1, -0.05) is 30.3 Å². The zero-order valence-corrected chi connectivity index (χ0v) is 19.4. The Morgan fingerprint density at radius 2 is 1.63 bits per heavy atom.